The van der Waals surface area contributed by atoms with Crippen LogP contribution in [0.1, 0.15) is 19.5 Å². The highest BCUT2D eigenvalue weighted by Gasteiger charge is 2.13. The van der Waals surface area contributed by atoms with E-state index in [1.54, 1.807) is 26.0 Å². The van der Waals surface area contributed by atoms with Crippen molar-refractivity contribution in [2.75, 3.05) is 6.61 Å². The number of ether oxygens (including phenoxy) is 1. The molecule has 1 N–H and O–H groups in total. The Morgan fingerprint density at radius 1 is 1.43 bits per heavy atom. The molecule has 1 heterocycles. The number of hydrogen-bond acceptors (Lipinski definition) is 5. The molecule has 0 aliphatic carbocycles. The summed E-state index contributed by atoms with van der Waals surface area (Å²) in [5.41, 5.74) is 1.72. The maximum absolute atomic E-state index is 12.9. The molecule has 0 amide bonds. The molecule has 0 saturated carbocycles. The largest absolute Gasteiger partial charge is 0.465 e. The van der Waals surface area contributed by atoms with Crippen molar-refractivity contribution >= 4 is 17.3 Å². The van der Waals surface area contributed by atoms with Crippen molar-refractivity contribution in [2.24, 2.45) is 0 Å². The molecule has 0 bridgehead atoms. The van der Waals surface area contributed by atoms with Gasteiger partial charge in [0.1, 0.15) is 16.9 Å². The summed E-state index contributed by atoms with van der Waals surface area (Å²) in [5, 5.41) is 5.82. The first kappa shape index (κ1) is 15.6. The number of nitrogens with zero attached hydrogens (tertiary/aromatic N) is 1. The van der Waals surface area contributed by atoms with E-state index in [1.165, 1.54) is 23.5 Å². The summed E-state index contributed by atoms with van der Waals surface area (Å²) in [4.78, 5) is 16.0. The summed E-state index contributed by atoms with van der Waals surface area (Å²) in [6, 6.07) is 5.86. The van der Waals surface area contributed by atoms with Crippen molar-refractivity contribution in [3.8, 4) is 10.6 Å². The Balaban J connectivity index is 1.94. The Morgan fingerprint density at radius 2 is 2.14 bits per heavy atom. The second-order valence-electron chi connectivity index (χ2n) is 4.51. The van der Waals surface area contributed by atoms with Gasteiger partial charge >= 0.3 is 5.97 Å². The lowest BCUT2D eigenvalue weighted by Crippen LogP contribution is -2.34. The van der Waals surface area contributed by atoms with Crippen molar-refractivity contribution < 1.29 is 13.9 Å². The molecule has 0 spiro atoms. The van der Waals surface area contributed by atoms with Crippen LogP contribution in [-0.2, 0) is 16.1 Å². The number of hydrogen-bond donors (Lipinski definition) is 1. The Morgan fingerprint density at radius 3 is 2.81 bits per heavy atom. The van der Waals surface area contributed by atoms with E-state index in [2.05, 4.69) is 10.3 Å². The fraction of sp³-hybridized carbons (Fsp3) is 0.333. The van der Waals surface area contributed by atoms with Crippen LogP contribution in [0, 0.1) is 5.82 Å². The van der Waals surface area contributed by atoms with Gasteiger partial charge < -0.3 is 4.74 Å². The van der Waals surface area contributed by atoms with Crippen LogP contribution in [0.25, 0.3) is 10.6 Å². The van der Waals surface area contributed by atoms with E-state index >= 15 is 0 Å². The number of rotatable bonds is 6. The van der Waals surface area contributed by atoms with Crippen LogP contribution in [0.4, 0.5) is 4.39 Å². The van der Waals surface area contributed by atoms with Gasteiger partial charge in [0.05, 0.1) is 12.3 Å². The molecule has 1 atom stereocenters. The van der Waals surface area contributed by atoms with E-state index < -0.39 is 0 Å². The third-order valence-electron chi connectivity index (χ3n) is 2.87. The van der Waals surface area contributed by atoms with Gasteiger partial charge in [0.2, 0.25) is 0 Å². The number of thiazole rings is 1. The third kappa shape index (κ3) is 4.34. The van der Waals surface area contributed by atoms with Gasteiger partial charge in [-0.3, -0.25) is 10.1 Å². The van der Waals surface area contributed by atoms with Crippen LogP contribution in [0.2, 0.25) is 0 Å². The lowest BCUT2D eigenvalue weighted by atomic mass is 10.2. The lowest BCUT2D eigenvalue weighted by molar-refractivity contribution is -0.145. The van der Waals surface area contributed by atoms with Gasteiger partial charge in [0, 0.05) is 17.5 Å². The summed E-state index contributed by atoms with van der Waals surface area (Å²) >= 11 is 1.49. The van der Waals surface area contributed by atoms with E-state index in [0.29, 0.717) is 13.2 Å². The minimum absolute atomic E-state index is 0.263. The molecule has 0 fully saturated rings. The molecule has 6 heteroatoms. The molecule has 1 unspecified atom stereocenters. The number of halogens is 1. The number of carbonyl (C=O) groups excluding carboxylic acids is 1. The first-order valence-corrected chi connectivity index (χ1v) is 7.58. The molecule has 0 saturated heterocycles. The summed E-state index contributed by atoms with van der Waals surface area (Å²) in [5.74, 6) is -0.535. The quantitative estimate of drug-likeness (QED) is 0.834. The fourth-order valence-electron chi connectivity index (χ4n) is 1.72. The van der Waals surface area contributed by atoms with Crippen LogP contribution in [0.15, 0.2) is 29.6 Å². The summed E-state index contributed by atoms with van der Waals surface area (Å²) < 4.78 is 17.8. The minimum Gasteiger partial charge on any atom is -0.465 e. The third-order valence-corrected chi connectivity index (χ3v) is 3.81. The molecule has 1 aromatic carbocycles. The van der Waals surface area contributed by atoms with Gasteiger partial charge in [-0.15, -0.1) is 11.3 Å². The SMILES string of the molecule is CCOC(=O)C(C)NCc1csc(-c2ccc(F)cc2)n1. The van der Waals surface area contributed by atoms with Gasteiger partial charge in [0.25, 0.3) is 0 Å². The molecule has 0 aliphatic heterocycles. The van der Waals surface area contributed by atoms with E-state index in [-0.39, 0.29) is 17.8 Å². The Hall–Kier alpha value is -1.79. The summed E-state index contributed by atoms with van der Waals surface area (Å²) in [6.45, 7) is 4.39. The smallest absolute Gasteiger partial charge is 0.322 e. The molecular weight excluding hydrogens is 291 g/mol. The first-order valence-electron chi connectivity index (χ1n) is 6.70. The molecule has 1 aromatic heterocycles. The standard InChI is InChI=1S/C15H17FN2O2S/c1-3-20-15(19)10(2)17-8-13-9-21-14(18-13)11-4-6-12(16)7-5-11/h4-7,9-10,17H,3,8H2,1-2H3. The predicted octanol–water partition coefficient (Wildman–Crippen LogP) is 2.99. The van der Waals surface area contributed by atoms with Crippen LogP contribution in [0.5, 0.6) is 0 Å². The van der Waals surface area contributed by atoms with Crippen molar-refractivity contribution in [2.45, 2.75) is 26.4 Å². The monoisotopic (exact) mass is 308 g/mol. The average Bonchev–Trinajstić information content (AvgIpc) is 2.94. The maximum atomic E-state index is 12.9. The molecule has 0 aliphatic rings. The maximum Gasteiger partial charge on any atom is 0.322 e. The fourth-order valence-corrected chi connectivity index (χ4v) is 2.55. The molecule has 2 rings (SSSR count). The average molecular weight is 308 g/mol. The molecule has 0 radical (unpaired) electrons. The van der Waals surface area contributed by atoms with E-state index in [4.69, 9.17) is 4.74 Å². The van der Waals surface area contributed by atoms with E-state index in [9.17, 15) is 9.18 Å². The normalized spacial score (nSPS) is 12.1. The van der Waals surface area contributed by atoms with Gasteiger partial charge in [-0.25, -0.2) is 9.37 Å². The topological polar surface area (TPSA) is 51.2 Å². The summed E-state index contributed by atoms with van der Waals surface area (Å²) in [6.07, 6.45) is 0. The van der Waals surface area contributed by atoms with Crippen LogP contribution >= 0.6 is 11.3 Å². The second-order valence-corrected chi connectivity index (χ2v) is 5.36. The van der Waals surface area contributed by atoms with Crippen LogP contribution < -0.4 is 5.32 Å². The van der Waals surface area contributed by atoms with Crippen molar-refractivity contribution in [1.82, 2.24) is 10.3 Å². The number of carbonyl (C=O) groups is 1. The summed E-state index contributed by atoms with van der Waals surface area (Å²) in [7, 11) is 0. The Kier molecular flexibility index (Phi) is 5.41. The predicted molar refractivity (Wildman–Crippen MR) is 80.4 cm³/mol. The number of benzene rings is 1. The van der Waals surface area contributed by atoms with Crippen molar-refractivity contribution in [3.63, 3.8) is 0 Å². The van der Waals surface area contributed by atoms with Gasteiger partial charge in [0.15, 0.2) is 0 Å². The molecule has 21 heavy (non-hydrogen) atoms. The van der Waals surface area contributed by atoms with Gasteiger partial charge in [-0.1, -0.05) is 0 Å². The van der Waals surface area contributed by atoms with Crippen LogP contribution in [0.3, 0.4) is 0 Å². The highest BCUT2D eigenvalue weighted by Crippen LogP contribution is 2.23. The van der Waals surface area contributed by atoms with E-state index in [1.807, 2.05) is 5.38 Å². The van der Waals surface area contributed by atoms with Crippen molar-refractivity contribution in [1.29, 1.82) is 0 Å². The van der Waals surface area contributed by atoms with Crippen molar-refractivity contribution in [3.05, 3.63) is 41.2 Å². The lowest BCUT2D eigenvalue weighted by Gasteiger charge is -2.11. The zero-order valence-corrected chi connectivity index (χ0v) is 12.7. The van der Waals surface area contributed by atoms with Gasteiger partial charge in [-0.05, 0) is 38.1 Å². The first-order chi connectivity index (χ1) is 10.1. The molecule has 112 valence electrons. The zero-order valence-electron chi connectivity index (χ0n) is 11.9. The highest BCUT2D eigenvalue weighted by atomic mass is 32.1. The van der Waals surface area contributed by atoms with E-state index in [0.717, 1.165) is 16.3 Å². The minimum atomic E-state index is -0.374. The van der Waals surface area contributed by atoms with Gasteiger partial charge in [-0.2, -0.15) is 0 Å². The molecule has 2 aromatic rings. The second kappa shape index (κ2) is 7.28. The number of nitrogens with one attached hydrogen (secondary N) is 1. The Labute approximate surface area is 127 Å². The highest BCUT2D eigenvalue weighted by molar-refractivity contribution is 7.13. The number of esters is 1. The molecular formula is C15H17FN2O2S. The Bertz CT molecular complexity index is 598. The molecule has 4 nitrogen and oxygen atoms in total. The zero-order chi connectivity index (χ0) is 15.2. The van der Waals surface area contributed by atoms with Crippen LogP contribution in [-0.4, -0.2) is 23.6 Å². The number of aromatic nitrogens is 1.